The van der Waals surface area contributed by atoms with Gasteiger partial charge in [0.25, 0.3) is 0 Å². The number of hydrogen-bond acceptors (Lipinski definition) is 3. The molecule has 2 heterocycles. The predicted octanol–water partition coefficient (Wildman–Crippen LogP) is 1.84. The molecule has 116 valence electrons. The summed E-state index contributed by atoms with van der Waals surface area (Å²) in [5.41, 5.74) is 6.43. The van der Waals surface area contributed by atoms with Crippen LogP contribution in [-0.4, -0.2) is 54.5 Å². The average molecular weight is 281 g/mol. The predicted molar refractivity (Wildman–Crippen MR) is 82.5 cm³/mol. The number of carbonyl (C=O) groups excluding carboxylic acids is 1. The molecular formula is C16H31N3O. The second kappa shape index (κ2) is 6.90. The second-order valence-corrected chi connectivity index (χ2v) is 6.88. The third-order valence-corrected chi connectivity index (χ3v) is 5.52. The Hall–Kier alpha value is -0.610. The summed E-state index contributed by atoms with van der Waals surface area (Å²) in [6.07, 6.45) is 6.66. The maximum absolute atomic E-state index is 12.3. The second-order valence-electron chi connectivity index (χ2n) is 6.88. The van der Waals surface area contributed by atoms with E-state index in [0.717, 1.165) is 39.0 Å². The molecule has 0 aromatic carbocycles. The van der Waals surface area contributed by atoms with Gasteiger partial charge in [-0.25, -0.2) is 0 Å². The van der Waals surface area contributed by atoms with Crippen molar-refractivity contribution in [2.45, 2.75) is 58.4 Å². The number of carbonyl (C=O) groups is 1. The molecule has 0 aliphatic carbocycles. The van der Waals surface area contributed by atoms with E-state index < -0.39 is 0 Å². The largest absolute Gasteiger partial charge is 0.343 e. The Morgan fingerprint density at radius 3 is 2.30 bits per heavy atom. The molecule has 1 amide bonds. The monoisotopic (exact) mass is 281 g/mol. The molecule has 0 spiro atoms. The normalized spacial score (nSPS) is 24.9. The van der Waals surface area contributed by atoms with Crippen LogP contribution in [-0.2, 0) is 4.79 Å². The van der Waals surface area contributed by atoms with Crippen LogP contribution < -0.4 is 5.73 Å². The van der Waals surface area contributed by atoms with Gasteiger partial charge in [-0.3, -0.25) is 9.69 Å². The Kier molecular flexibility index (Phi) is 5.44. The molecule has 0 radical (unpaired) electrons. The molecule has 0 saturated carbocycles. The lowest BCUT2D eigenvalue weighted by Gasteiger charge is -2.42. The van der Waals surface area contributed by atoms with Gasteiger partial charge in [-0.05, 0) is 44.2 Å². The van der Waals surface area contributed by atoms with E-state index in [1.807, 2.05) is 4.90 Å². The number of likely N-dealkylation sites (tertiary alicyclic amines) is 2. The van der Waals surface area contributed by atoms with Gasteiger partial charge >= 0.3 is 0 Å². The van der Waals surface area contributed by atoms with Gasteiger partial charge in [-0.2, -0.15) is 0 Å². The van der Waals surface area contributed by atoms with Crippen molar-refractivity contribution >= 4 is 5.91 Å². The fraction of sp³-hybridized carbons (Fsp3) is 0.938. The van der Waals surface area contributed by atoms with E-state index in [9.17, 15) is 4.79 Å². The molecule has 1 unspecified atom stereocenters. The van der Waals surface area contributed by atoms with Gasteiger partial charge in [0.05, 0.1) is 0 Å². The number of piperidine rings is 1. The fourth-order valence-electron chi connectivity index (χ4n) is 3.44. The van der Waals surface area contributed by atoms with Crippen molar-refractivity contribution < 1.29 is 4.79 Å². The number of amides is 1. The highest BCUT2D eigenvalue weighted by Gasteiger charge is 2.32. The molecule has 2 saturated heterocycles. The Bertz CT molecular complexity index is 318. The maximum Gasteiger partial charge on any atom is 0.224 e. The van der Waals surface area contributed by atoms with Gasteiger partial charge in [0.15, 0.2) is 0 Å². The number of rotatable bonds is 5. The first-order chi connectivity index (χ1) is 9.58. The van der Waals surface area contributed by atoms with Gasteiger partial charge in [0.1, 0.15) is 0 Å². The van der Waals surface area contributed by atoms with Crippen molar-refractivity contribution in [2.24, 2.45) is 11.1 Å². The Morgan fingerprint density at radius 2 is 1.80 bits per heavy atom. The van der Waals surface area contributed by atoms with E-state index in [-0.39, 0.29) is 6.04 Å². The molecule has 0 bridgehead atoms. The van der Waals surface area contributed by atoms with Crippen molar-refractivity contribution in [3.05, 3.63) is 0 Å². The zero-order valence-corrected chi connectivity index (χ0v) is 13.2. The summed E-state index contributed by atoms with van der Waals surface area (Å²) in [6.45, 7) is 9.36. The minimum absolute atomic E-state index is 0.240. The highest BCUT2D eigenvalue weighted by Crippen LogP contribution is 2.34. The van der Waals surface area contributed by atoms with Crippen molar-refractivity contribution in [3.63, 3.8) is 0 Å². The lowest BCUT2D eigenvalue weighted by Crippen LogP contribution is -2.49. The summed E-state index contributed by atoms with van der Waals surface area (Å²) in [4.78, 5) is 16.8. The topological polar surface area (TPSA) is 49.6 Å². The zero-order valence-electron chi connectivity index (χ0n) is 13.2. The van der Waals surface area contributed by atoms with E-state index in [2.05, 4.69) is 18.7 Å². The molecule has 2 fully saturated rings. The summed E-state index contributed by atoms with van der Waals surface area (Å²) in [5.74, 6) is 0.307. The first-order valence-corrected chi connectivity index (χ1v) is 8.30. The average Bonchev–Trinajstić information content (AvgIpc) is 3.00. The Morgan fingerprint density at radius 1 is 1.20 bits per heavy atom. The molecule has 4 heteroatoms. The fourth-order valence-corrected chi connectivity index (χ4v) is 3.44. The van der Waals surface area contributed by atoms with Gasteiger partial charge < -0.3 is 10.6 Å². The van der Waals surface area contributed by atoms with Crippen LogP contribution in [0.4, 0.5) is 0 Å². The van der Waals surface area contributed by atoms with Crippen molar-refractivity contribution in [1.82, 2.24) is 9.80 Å². The van der Waals surface area contributed by atoms with Crippen molar-refractivity contribution in [2.75, 3.05) is 32.7 Å². The maximum atomic E-state index is 12.3. The Labute approximate surface area is 123 Å². The number of nitrogens with zero attached hydrogens (tertiary/aromatic N) is 2. The first-order valence-electron chi connectivity index (χ1n) is 8.30. The summed E-state index contributed by atoms with van der Waals surface area (Å²) in [5, 5.41) is 0. The lowest BCUT2D eigenvalue weighted by atomic mass is 9.78. The van der Waals surface area contributed by atoms with Crippen LogP contribution in [0, 0.1) is 5.41 Å². The van der Waals surface area contributed by atoms with E-state index >= 15 is 0 Å². The zero-order chi connectivity index (χ0) is 14.6. The van der Waals surface area contributed by atoms with Crippen molar-refractivity contribution in [1.29, 1.82) is 0 Å². The van der Waals surface area contributed by atoms with Crippen LogP contribution in [0.2, 0.25) is 0 Å². The molecular weight excluding hydrogens is 250 g/mol. The van der Waals surface area contributed by atoms with E-state index in [4.69, 9.17) is 5.73 Å². The summed E-state index contributed by atoms with van der Waals surface area (Å²) in [7, 11) is 0. The van der Waals surface area contributed by atoms with Gasteiger partial charge in [0.2, 0.25) is 5.91 Å². The molecule has 1 atom stereocenters. The minimum atomic E-state index is 0.240. The standard InChI is InChI=1S/C16H31N3O/c1-3-16(2)6-10-18(11-7-16)14(13-17)12-15(20)19-8-4-5-9-19/h14H,3-13,17H2,1-2H3. The highest BCUT2D eigenvalue weighted by atomic mass is 16.2. The molecule has 2 rings (SSSR count). The third kappa shape index (κ3) is 3.73. The number of hydrogen-bond donors (Lipinski definition) is 1. The van der Waals surface area contributed by atoms with Gasteiger partial charge in [-0.1, -0.05) is 20.3 Å². The summed E-state index contributed by atoms with van der Waals surface area (Å²) < 4.78 is 0. The molecule has 4 nitrogen and oxygen atoms in total. The summed E-state index contributed by atoms with van der Waals surface area (Å²) in [6, 6.07) is 0.240. The van der Waals surface area contributed by atoms with Crippen LogP contribution in [0.15, 0.2) is 0 Å². The first kappa shape index (κ1) is 15.8. The smallest absolute Gasteiger partial charge is 0.224 e. The molecule has 2 aliphatic heterocycles. The minimum Gasteiger partial charge on any atom is -0.343 e. The molecule has 20 heavy (non-hydrogen) atoms. The SMILES string of the molecule is CCC1(C)CCN(C(CN)CC(=O)N2CCCC2)CC1. The van der Waals surface area contributed by atoms with E-state index in [1.54, 1.807) is 0 Å². The Balaban J connectivity index is 1.84. The quantitative estimate of drug-likeness (QED) is 0.836. The highest BCUT2D eigenvalue weighted by molar-refractivity contribution is 5.77. The molecule has 0 aromatic heterocycles. The van der Waals surface area contributed by atoms with E-state index in [0.29, 0.717) is 24.3 Å². The van der Waals surface area contributed by atoms with Crippen LogP contribution >= 0.6 is 0 Å². The van der Waals surface area contributed by atoms with Crippen LogP contribution in [0.3, 0.4) is 0 Å². The lowest BCUT2D eigenvalue weighted by molar-refractivity contribution is -0.131. The van der Waals surface area contributed by atoms with Gasteiger partial charge in [0, 0.05) is 32.1 Å². The summed E-state index contributed by atoms with van der Waals surface area (Å²) >= 11 is 0. The van der Waals surface area contributed by atoms with Crippen LogP contribution in [0.5, 0.6) is 0 Å². The van der Waals surface area contributed by atoms with E-state index in [1.165, 1.54) is 19.3 Å². The molecule has 2 aliphatic rings. The van der Waals surface area contributed by atoms with Crippen LogP contribution in [0.1, 0.15) is 52.4 Å². The molecule has 0 aromatic rings. The number of nitrogens with two attached hydrogens (primary N) is 1. The van der Waals surface area contributed by atoms with Crippen molar-refractivity contribution in [3.8, 4) is 0 Å². The van der Waals surface area contributed by atoms with Crippen LogP contribution in [0.25, 0.3) is 0 Å². The molecule has 2 N–H and O–H groups in total. The third-order valence-electron chi connectivity index (χ3n) is 5.52. The van der Waals surface area contributed by atoms with Gasteiger partial charge in [-0.15, -0.1) is 0 Å².